The highest BCUT2D eigenvalue weighted by Crippen LogP contribution is 2.28. The van der Waals surface area contributed by atoms with Crippen LogP contribution < -0.4 is 5.56 Å². The number of aromatic amines is 2. The molecule has 0 atom stereocenters. The Bertz CT molecular complexity index is 659. The number of azo groups is 1. The smallest absolute Gasteiger partial charge is 0.292 e. The minimum atomic E-state index is -0.248. The van der Waals surface area contributed by atoms with Crippen LogP contribution in [0.15, 0.2) is 39.3 Å². The van der Waals surface area contributed by atoms with Crippen molar-refractivity contribution >= 4 is 11.4 Å². The number of aromatic nitrogens is 2. The van der Waals surface area contributed by atoms with Gasteiger partial charge < -0.3 is 0 Å². The van der Waals surface area contributed by atoms with Gasteiger partial charge in [0.1, 0.15) is 0 Å². The molecule has 0 unspecified atom stereocenters. The summed E-state index contributed by atoms with van der Waals surface area (Å²) in [6, 6.07) is 7.67. The maximum absolute atomic E-state index is 11.8. The fourth-order valence-corrected chi connectivity index (χ4v) is 1.77. The lowest BCUT2D eigenvalue weighted by Gasteiger charge is -2.15. The topological polar surface area (TPSA) is 73.4 Å². The van der Waals surface area contributed by atoms with Crippen LogP contribution in [0.25, 0.3) is 0 Å². The Balaban J connectivity index is 2.42. The van der Waals surface area contributed by atoms with Crippen molar-refractivity contribution in [3.63, 3.8) is 0 Å². The van der Waals surface area contributed by atoms with Gasteiger partial charge >= 0.3 is 0 Å². The molecule has 0 aliphatic rings. The van der Waals surface area contributed by atoms with Crippen molar-refractivity contribution < 1.29 is 0 Å². The number of benzene rings is 1. The molecular formula is C14H18N4O. The van der Waals surface area contributed by atoms with Crippen molar-refractivity contribution in [3.05, 3.63) is 45.9 Å². The molecule has 19 heavy (non-hydrogen) atoms. The van der Waals surface area contributed by atoms with Gasteiger partial charge in [0.25, 0.3) is 5.56 Å². The third kappa shape index (κ3) is 2.81. The first-order chi connectivity index (χ1) is 8.89. The summed E-state index contributed by atoms with van der Waals surface area (Å²) in [4.78, 5) is 11.8. The summed E-state index contributed by atoms with van der Waals surface area (Å²) < 4.78 is 0. The summed E-state index contributed by atoms with van der Waals surface area (Å²) >= 11 is 0. The van der Waals surface area contributed by atoms with Gasteiger partial charge in [0.2, 0.25) is 0 Å². The normalized spacial score (nSPS) is 12.2. The van der Waals surface area contributed by atoms with Gasteiger partial charge in [0.15, 0.2) is 5.69 Å². The number of nitrogens with one attached hydrogen (secondary N) is 2. The van der Waals surface area contributed by atoms with E-state index in [1.54, 1.807) is 0 Å². The largest absolute Gasteiger partial charge is 0.299 e. The van der Waals surface area contributed by atoms with Crippen LogP contribution >= 0.6 is 0 Å². The highest BCUT2D eigenvalue weighted by Gasteiger charge is 2.22. The molecule has 0 saturated heterocycles. The number of H-pyrrole nitrogens is 2. The standard InChI is InChI=1S/C14H18N4O/c1-9-7-5-6-8-10(9)15-16-11-12(14(2,3)4)17-18-13(11)19/h5-8H,1-4H3,(H2,17,18,19). The van der Waals surface area contributed by atoms with Crippen molar-refractivity contribution in [2.45, 2.75) is 33.1 Å². The van der Waals surface area contributed by atoms with Crippen LogP contribution in [-0.2, 0) is 5.41 Å². The monoisotopic (exact) mass is 258 g/mol. The van der Waals surface area contributed by atoms with Crippen LogP contribution in [-0.4, -0.2) is 10.2 Å². The molecule has 2 N–H and O–H groups in total. The zero-order valence-electron chi connectivity index (χ0n) is 11.6. The van der Waals surface area contributed by atoms with Crippen LogP contribution in [0.3, 0.4) is 0 Å². The van der Waals surface area contributed by atoms with Crippen molar-refractivity contribution in [1.29, 1.82) is 0 Å². The van der Waals surface area contributed by atoms with Gasteiger partial charge in [-0.1, -0.05) is 39.0 Å². The van der Waals surface area contributed by atoms with Gasteiger partial charge in [-0.3, -0.25) is 15.0 Å². The molecule has 1 aromatic heterocycles. The first kappa shape index (κ1) is 13.3. The molecule has 0 aliphatic heterocycles. The molecule has 2 aromatic rings. The van der Waals surface area contributed by atoms with Crippen molar-refractivity contribution in [1.82, 2.24) is 10.2 Å². The summed E-state index contributed by atoms with van der Waals surface area (Å²) in [6.45, 7) is 8.00. The zero-order valence-corrected chi connectivity index (χ0v) is 11.6. The maximum Gasteiger partial charge on any atom is 0.292 e. The fraction of sp³-hybridized carbons (Fsp3) is 0.357. The lowest BCUT2D eigenvalue weighted by Crippen LogP contribution is -2.12. The molecule has 0 radical (unpaired) electrons. The molecule has 1 heterocycles. The van der Waals surface area contributed by atoms with E-state index >= 15 is 0 Å². The Morgan fingerprint density at radius 3 is 2.37 bits per heavy atom. The van der Waals surface area contributed by atoms with E-state index in [2.05, 4.69) is 20.4 Å². The van der Waals surface area contributed by atoms with E-state index in [9.17, 15) is 4.79 Å². The number of nitrogens with zero attached hydrogens (tertiary/aromatic N) is 2. The Labute approximate surface area is 111 Å². The van der Waals surface area contributed by atoms with Gasteiger partial charge in [-0.2, -0.15) is 5.11 Å². The van der Waals surface area contributed by atoms with Crippen molar-refractivity contribution in [3.8, 4) is 0 Å². The van der Waals surface area contributed by atoms with E-state index in [0.717, 1.165) is 16.9 Å². The van der Waals surface area contributed by atoms with Gasteiger partial charge in [-0.15, -0.1) is 5.11 Å². The summed E-state index contributed by atoms with van der Waals surface area (Å²) in [5.41, 5.74) is 2.45. The van der Waals surface area contributed by atoms with Crippen LogP contribution in [0.5, 0.6) is 0 Å². The van der Waals surface area contributed by atoms with Crippen LogP contribution in [0, 0.1) is 6.92 Å². The predicted octanol–water partition coefficient (Wildman–Crippen LogP) is 3.72. The van der Waals surface area contributed by atoms with E-state index < -0.39 is 0 Å². The fourth-order valence-electron chi connectivity index (χ4n) is 1.77. The molecule has 1 aromatic carbocycles. The van der Waals surface area contributed by atoms with Crippen LogP contribution in [0.2, 0.25) is 0 Å². The lowest BCUT2D eigenvalue weighted by atomic mass is 9.91. The number of aryl methyl sites for hydroxylation is 1. The minimum Gasteiger partial charge on any atom is -0.299 e. The molecule has 2 rings (SSSR count). The average molecular weight is 258 g/mol. The van der Waals surface area contributed by atoms with E-state index in [0.29, 0.717) is 5.69 Å². The van der Waals surface area contributed by atoms with Crippen molar-refractivity contribution in [2.24, 2.45) is 10.2 Å². The molecule has 0 bridgehead atoms. The molecule has 5 nitrogen and oxygen atoms in total. The zero-order chi connectivity index (χ0) is 14.0. The number of hydrogen-bond donors (Lipinski definition) is 2. The second kappa shape index (κ2) is 4.84. The van der Waals surface area contributed by atoms with E-state index in [1.807, 2.05) is 52.0 Å². The molecule has 100 valence electrons. The van der Waals surface area contributed by atoms with Crippen molar-refractivity contribution in [2.75, 3.05) is 0 Å². The average Bonchev–Trinajstić information content (AvgIpc) is 2.69. The lowest BCUT2D eigenvalue weighted by molar-refractivity contribution is 0.567. The summed E-state index contributed by atoms with van der Waals surface area (Å²) in [6.07, 6.45) is 0. The van der Waals surface area contributed by atoms with Gasteiger partial charge in [-0.05, 0) is 18.6 Å². The molecule has 0 spiro atoms. The highest BCUT2D eigenvalue weighted by atomic mass is 16.1. The molecule has 0 fully saturated rings. The molecule has 0 aliphatic carbocycles. The number of hydrogen-bond acceptors (Lipinski definition) is 3. The SMILES string of the molecule is Cc1ccccc1N=Nc1c(C(C)(C)C)[nH][nH]c1=O. The molecular weight excluding hydrogens is 240 g/mol. The Kier molecular flexibility index (Phi) is 3.38. The summed E-state index contributed by atoms with van der Waals surface area (Å²) in [5, 5.41) is 13.7. The first-order valence-electron chi connectivity index (χ1n) is 6.18. The second-order valence-electron chi connectivity index (χ2n) is 5.54. The predicted molar refractivity (Wildman–Crippen MR) is 75.5 cm³/mol. The second-order valence-corrected chi connectivity index (χ2v) is 5.54. The third-order valence-corrected chi connectivity index (χ3v) is 2.88. The van der Waals surface area contributed by atoms with Gasteiger partial charge in [-0.25, -0.2) is 0 Å². The third-order valence-electron chi connectivity index (χ3n) is 2.88. The highest BCUT2D eigenvalue weighted by molar-refractivity contribution is 5.47. The van der Waals surface area contributed by atoms with Crippen LogP contribution in [0.4, 0.5) is 11.4 Å². The van der Waals surface area contributed by atoms with Crippen LogP contribution in [0.1, 0.15) is 32.0 Å². The first-order valence-corrected chi connectivity index (χ1v) is 6.18. The Hall–Kier alpha value is -2.17. The van der Waals surface area contributed by atoms with Gasteiger partial charge in [0.05, 0.1) is 11.4 Å². The summed E-state index contributed by atoms with van der Waals surface area (Å²) in [5.74, 6) is 0. The molecule has 5 heteroatoms. The quantitative estimate of drug-likeness (QED) is 0.791. The Morgan fingerprint density at radius 2 is 1.74 bits per heavy atom. The van der Waals surface area contributed by atoms with Gasteiger partial charge in [0, 0.05) is 5.41 Å². The van der Waals surface area contributed by atoms with E-state index in [-0.39, 0.29) is 11.0 Å². The minimum absolute atomic E-state index is 0.195. The van der Waals surface area contributed by atoms with E-state index in [1.165, 1.54) is 0 Å². The summed E-state index contributed by atoms with van der Waals surface area (Å²) in [7, 11) is 0. The number of rotatable bonds is 2. The van der Waals surface area contributed by atoms with E-state index in [4.69, 9.17) is 0 Å². The Morgan fingerprint density at radius 1 is 1.05 bits per heavy atom. The molecule has 0 saturated carbocycles. The maximum atomic E-state index is 11.8. The molecule has 0 amide bonds.